The number of ether oxygens (including phenoxy) is 4. The highest BCUT2D eigenvalue weighted by Gasteiger charge is 2.46. The number of benzene rings is 3. The number of likely N-dealkylation sites (tertiary alicyclic amines) is 1. The highest BCUT2D eigenvalue weighted by Crippen LogP contribution is 2.43. The third-order valence-electron chi connectivity index (χ3n) is 6.27. The van der Waals surface area contributed by atoms with E-state index in [0.717, 1.165) is 5.56 Å². The number of ketones is 1. The Morgan fingerprint density at radius 2 is 1.64 bits per heavy atom. The Morgan fingerprint density at radius 3 is 2.36 bits per heavy atom. The number of carbonyl (C=O) groups is 2. The van der Waals surface area contributed by atoms with Crippen LogP contribution < -0.4 is 18.9 Å². The average molecular weight is 488 g/mol. The smallest absolute Gasteiger partial charge is 0.295 e. The molecule has 1 unspecified atom stereocenters. The van der Waals surface area contributed by atoms with Gasteiger partial charge in [-0.25, -0.2) is 0 Å². The second kappa shape index (κ2) is 9.65. The van der Waals surface area contributed by atoms with E-state index in [4.69, 9.17) is 18.9 Å². The maximum Gasteiger partial charge on any atom is 0.295 e. The Labute approximate surface area is 208 Å². The van der Waals surface area contributed by atoms with Crippen molar-refractivity contribution in [3.63, 3.8) is 0 Å². The standard InChI is InChI=1S/C28H25NO7/c1-33-20-10-8-18(14-22(20)34-2)25-24(26(30)19-9-11-21-23(15-19)36-13-12-35-21)27(31)28(32)29(25)16-17-6-4-3-5-7-17/h3-11,14-15,25,30H,12-13,16H2,1-2H3/b26-24-. The number of fused-ring (bicyclic) bond motifs is 1. The summed E-state index contributed by atoms with van der Waals surface area (Å²) in [6.07, 6.45) is 0. The SMILES string of the molecule is COc1ccc(C2/C(=C(/O)c3ccc4c(c3)OCCO4)C(=O)C(=O)N2Cc2ccccc2)cc1OC. The predicted octanol–water partition coefficient (Wildman–Crippen LogP) is 4.10. The lowest BCUT2D eigenvalue weighted by Crippen LogP contribution is -2.29. The first-order valence-electron chi connectivity index (χ1n) is 11.5. The van der Waals surface area contributed by atoms with Crippen LogP contribution in [-0.4, -0.2) is 49.1 Å². The van der Waals surface area contributed by atoms with Crippen LogP contribution in [0.25, 0.3) is 5.76 Å². The fraction of sp³-hybridized carbons (Fsp3) is 0.214. The lowest BCUT2D eigenvalue weighted by atomic mass is 9.94. The van der Waals surface area contributed by atoms with Crippen molar-refractivity contribution in [2.45, 2.75) is 12.6 Å². The molecule has 1 amide bonds. The first-order chi connectivity index (χ1) is 17.5. The van der Waals surface area contributed by atoms with Crippen LogP contribution in [0.4, 0.5) is 0 Å². The lowest BCUT2D eigenvalue weighted by molar-refractivity contribution is -0.140. The van der Waals surface area contributed by atoms with E-state index in [2.05, 4.69) is 0 Å². The molecule has 3 aromatic rings. The number of aliphatic hydroxyl groups excluding tert-OH is 1. The van der Waals surface area contributed by atoms with E-state index in [1.165, 1.54) is 19.1 Å². The summed E-state index contributed by atoms with van der Waals surface area (Å²) in [5, 5.41) is 11.4. The van der Waals surface area contributed by atoms with Crippen LogP contribution in [0, 0.1) is 0 Å². The van der Waals surface area contributed by atoms with Crippen LogP contribution in [0.15, 0.2) is 72.3 Å². The molecule has 0 aromatic heterocycles. The molecule has 1 fully saturated rings. The van der Waals surface area contributed by atoms with Gasteiger partial charge in [-0.3, -0.25) is 9.59 Å². The van der Waals surface area contributed by atoms with Crippen molar-refractivity contribution in [1.29, 1.82) is 0 Å². The van der Waals surface area contributed by atoms with Crippen LogP contribution in [-0.2, 0) is 16.1 Å². The third-order valence-corrected chi connectivity index (χ3v) is 6.27. The lowest BCUT2D eigenvalue weighted by Gasteiger charge is -2.26. The predicted molar refractivity (Wildman–Crippen MR) is 131 cm³/mol. The van der Waals surface area contributed by atoms with Gasteiger partial charge in [0.15, 0.2) is 23.0 Å². The molecule has 1 N–H and O–H groups in total. The van der Waals surface area contributed by atoms with Crippen molar-refractivity contribution >= 4 is 17.4 Å². The normalized spacial score (nSPS) is 18.3. The fourth-order valence-electron chi connectivity index (χ4n) is 4.54. The Balaban J connectivity index is 1.65. The monoisotopic (exact) mass is 487 g/mol. The minimum absolute atomic E-state index is 0.0140. The van der Waals surface area contributed by atoms with E-state index in [-0.39, 0.29) is 17.9 Å². The summed E-state index contributed by atoms with van der Waals surface area (Å²) < 4.78 is 22.0. The van der Waals surface area contributed by atoms with Crippen molar-refractivity contribution in [2.75, 3.05) is 27.4 Å². The van der Waals surface area contributed by atoms with E-state index in [9.17, 15) is 14.7 Å². The van der Waals surface area contributed by atoms with Gasteiger partial charge in [-0.05, 0) is 41.5 Å². The number of nitrogens with zero attached hydrogens (tertiary/aromatic N) is 1. The second-order valence-corrected chi connectivity index (χ2v) is 8.39. The largest absolute Gasteiger partial charge is 0.507 e. The van der Waals surface area contributed by atoms with Gasteiger partial charge in [0, 0.05) is 12.1 Å². The van der Waals surface area contributed by atoms with Gasteiger partial charge < -0.3 is 29.0 Å². The third kappa shape index (κ3) is 4.11. The topological polar surface area (TPSA) is 94.5 Å². The molecule has 2 heterocycles. The second-order valence-electron chi connectivity index (χ2n) is 8.39. The molecule has 0 saturated carbocycles. The van der Waals surface area contributed by atoms with Crippen LogP contribution in [0.5, 0.6) is 23.0 Å². The Kier molecular flexibility index (Phi) is 6.25. The summed E-state index contributed by atoms with van der Waals surface area (Å²) in [7, 11) is 3.04. The van der Waals surface area contributed by atoms with Crippen LogP contribution in [0.3, 0.4) is 0 Å². The number of aliphatic hydroxyl groups is 1. The highest BCUT2D eigenvalue weighted by atomic mass is 16.6. The molecule has 1 saturated heterocycles. The number of hydrogen-bond acceptors (Lipinski definition) is 7. The summed E-state index contributed by atoms with van der Waals surface area (Å²) >= 11 is 0. The Bertz CT molecular complexity index is 1350. The van der Waals surface area contributed by atoms with Gasteiger partial charge >= 0.3 is 0 Å². The number of rotatable bonds is 6. The number of methoxy groups -OCH3 is 2. The van der Waals surface area contributed by atoms with Gasteiger partial charge in [-0.15, -0.1) is 0 Å². The maximum atomic E-state index is 13.3. The minimum atomic E-state index is -0.849. The van der Waals surface area contributed by atoms with E-state index in [0.29, 0.717) is 47.3 Å². The number of Topliss-reactive ketones (excluding diaryl/α,β-unsaturated/α-hetero) is 1. The van der Waals surface area contributed by atoms with E-state index < -0.39 is 17.7 Å². The van der Waals surface area contributed by atoms with Gasteiger partial charge in [-0.1, -0.05) is 36.4 Å². The fourth-order valence-corrected chi connectivity index (χ4v) is 4.54. The number of amides is 1. The summed E-state index contributed by atoms with van der Waals surface area (Å²) in [6, 6.07) is 18.6. The van der Waals surface area contributed by atoms with Gasteiger partial charge in [0.2, 0.25) is 0 Å². The highest BCUT2D eigenvalue weighted by molar-refractivity contribution is 6.46. The van der Waals surface area contributed by atoms with Crippen molar-refractivity contribution in [1.82, 2.24) is 4.90 Å². The summed E-state index contributed by atoms with van der Waals surface area (Å²) in [6.45, 7) is 0.995. The molecule has 8 nitrogen and oxygen atoms in total. The van der Waals surface area contributed by atoms with Gasteiger partial charge in [0.05, 0.1) is 25.8 Å². The van der Waals surface area contributed by atoms with Crippen molar-refractivity contribution in [3.05, 3.63) is 89.0 Å². The molecule has 3 aromatic carbocycles. The zero-order valence-corrected chi connectivity index (χ0v) is 19.9. The zero-order valence-electron chi connectivity index (χ0n) is 19.9. The van der Waals surface area contributed by atoms with E-state index >= 15 is 0 Å². The molecule has 0 radical (unpaired) electrons. The first-order valence-corrected chi connectivity index (χ1v) is 11.5. The Morgan fingerprint density at radius 1 is 0.917 bits per heavy atom. The molecular formula is C28H25NO7. The summed E-state index contributed by atoms with van der Waals surface area (Å²) in [5.41, 5.74) is 1.79. The zero-order chi connectivity index (χ0) is 25.2. The van der Waals surface area contributed by atoms with Gasteiger partial charge in [-0.2, -0.15) is 0 Å². The summed E-state index contributed by atoms with van der Waals surface area (Å²) in [4.78, 5) is 28.1. The maximum absolute atomic E-state index is 13.3. The molecule has 0 spiro atoms. The molecule has 8 heteroatoms. The molecule has 0 bridgehead atoms. The van der Waals surface area contributed by atoms with Crippen LogP contribution in [0.2, 0.25) is 0 Å². The molecule has 2 aliphatic rings. The molecule has 1 atom stereocenters. The summed E-state index contributed by atoms with van der Waals surface area (Å²) in [5.74, 6) is 0.217. The Hall–Kier alpha value is -4.46. The molecule has 184 valence electrons. The van der Waals surface area contributed by atoms with Gasteiger partial charge in [0.1, 0.15) is 19.0 Å². The molecule has 0 aliphatic carbocycles. The minimum Gasteiger partial charge on any atom is -0.507 e. The average Bonchev–Trinajstić information content (AvgIpc) is 3.17. The van der Waals surface area contributed by atoms with Crippen LogP contribution in [0.1, 0.15) is 22.7 Å². The first kappa shape index (κ1) is 23.3. The molecule has 36 heavy (non-hydrogen) atoms. The van der Waals surface area contributed by atoms with Crippen molar-refractivity contribution in [2.24, 2.45) is 0 Å². The number of carbonyl (C=O) groups excluding carboxylic acids is 2. The molecule has 5 rings (SSSR count). The van der Waals surface area contributed by atoms with E-state index in [1.54, 1.807) is 36.4 Å². The quantitative estimate of drug-likeness (QED) is 0.318. The van der Waals surface area contributed by atoms with Crippen molar-refractivity contribution < 1.29 is 33.6 Å². The van der Waals surface area contributed by atoms with Gasteiger partial charge in [0.25, 0.3) is 11.7 Å². The van der Waals surface area contributed by atoms with Crippen molar-refractivity contribution in [3.8, 4) is 23.0 Å². The van der Waals surface area contributed by atoms with Crippen LogP contribution >= 0.6 is 0 Å². The number of hydrogen-bond donors (Lipinski definition) is 1. The molecular weight excluding hydrogens is 462 g/mol. The van der Waals surface area contributed by atoms with E-state index in [1.807, 2.05) is 30.3 Å². The molecule has 2 aliphatic heterocycles.